The number of hydrogen-bond donors (Lipinski definition) is 0. The molecule has 16 heavy (non-hydrogen) atoms. The lowest BCUT2D eigenvalue weighted by Gasteiger charge is -2.01. The Kier molecular flexibility index (Phi) is 1.77. The van der Waals surface area contributed by atoms with E-state index in [0.29, 0.717) is 11.3 Å². The van der Waals surface area contributed by atoms with Crippen molar-refractivity contribution in [3.8, 4) is 0 Å². The lowest BCUT2D eigenvalue weighted by atomic mass is 10.1. The average Bonchev–Trinajstić information content (AvgIpc) is 2.27. The summed E-state index contributed by atoms with van der Waals surface area (Å²) in [6, 6.07) is 5.65. The first-order valence-corrected chi connectivity index (χ1v) is 4.89. The van der Waals surface area contributed by atoms with Crippen molar-refractivity contribution in [2.24, 2.45) is 0 Å². The van der Waals surface area contributed by atoms with Gasteiger partial charge >= 0.3 is 5.76 Å². The average molecular weight is 212 g/mol. The molecule has 0 saturated heterocycles. The van der Waals surface area contributed by atoms with Gasteiger partial charge in [-0.05, 0) is 30.5 Å². The van der Waals surface area contributed by atoms with Crippen LogP contribution in [0.15, 0.2) is 39.8 Å². The van der Waals surface area contributed by atoms with Crippen LogP contribution in [0.2, 0.25) is 0 Å². The quantitative estimate of drug-likeness (QED) is 0.535. The number of fused-ring (bicyclic) bond motifs is 2. The number of hydrogen-bond acceptors (Lipinski definition) is 4. The molecule has 0 N–H and O–H groups in total. The van der Waals surface area contributed by atoms with Crippen LogP contribution in [0.3, 0.4) is 0 Å². The van der Waals surface area contributed by atoms with Crippen LogP contribution in [0.1, 0.15) is 5.69 Å². The molecule has 2 aromatic heterocycles. The van der Waals surface area contributed by atoms with Gasteiger partial charge in [-0.3, -0.25) is 4.98 Å². The van der Waals surface area contributed by atoms with E-state index in [1.165, 1.54) is 0 Å². The molecule has 0 aliphatic rings. The number of aromatic nitrogens is 2. The SMILES string of the molecule is Cc1nc(=O)oc2cc3ccncc3cc12. The van der Waals surface area contributed by atoms with Crippen LogP contribution in [0.25, 0.3) is 21.7 Å². The van der Waals surface area contributed by atoms with Crippen LogP contribution in [-0.2, 0) is 0 Å². The highest BCUT2D eigenvalue weighted by molar-refractivity contribution is 5.95. The van der Waals surface area contributed by atoms with E-state index < -0.39 is 5.76 Å². The smallest absolute Gasteiger partial charge is 0.408 e. The molecular formula is C12H8N2O2. The third kappa shape index (κ3) is 1.27. The lowest BCUT2D eigenvalue weighted by molar-refractivity contribution is 0.529. The molecule has 0 amide bonds. The van der Waals surface area contributed by atoms with E-state index in [9.17, 15) is 4.79 Å². The Hall–Kier alpha value is -2.23. The van der Waals surface area contributed by atoms with Crippen molar-refractivity contribution >= 4 is 21.7 Å². The molecule has 4 heteroatoms. The fraction of sp³-hybridized carbons (Fsp3) is 0.0833. The van der Waals surface area contributed by atoms with Crippen LogP contribution in [0, 0.1) is 6.92 Å². The molecule has 0 aliphatic heterocycles. The Balaban J connectivity index is 2.56. The number of rotatable bonds is 0. The molecule has 0 radical (unpaired) electrons. The number of aryl methyl sites for hydroxylation is 1. The molecule has 3 rings (SSSR count). The van der Waals surface area contributed by atoms with Gasteiger partial charge in [-0.2, -0.15) is 4.98 Å². The normalized spacial score (nSPS) is 11.1. The molecule has 2 heterocycles. The van der Waals surface area contributed by atoms with Gasteiger partial charge in [0, 0.05) is 23.2 Å². The second-order valence-corrected chi connectivity index (χ2v) is 3.64. The van der Waals surface area contributed by atoms with Crippen LogP contribution >= 0.6 is 0 Å². The maximum atomic E-state index is 11.2. The van der Waals surface area contributed by atoms with Crippen molar-refractivity contribution < 1.29 is 4.42 Å². The molecule has 0 unspecified atom stereocenters. The van der Waals surface area contributed by atoms with Gasteiger partial charge < -0.3 is 4.42 Å². The third-order valence-corrected chi connectivity index (χ3v) is 2.59. The minimum Gasteiger partial charge on any atom is -0.408 e. The summed E-state index contributed by atoms with van der Waals surface area (Å²) < 4.78 is 5.06. The Morgan fingerprint density at radius 3 is 3.00 bits per heavy atom. The van der Waals surface area contributed by atoms with Crippen molar-refractivity contribution in [1.82, 2.24) is 9.97 Å². The first-order chi connectivity index (χ1) is 7.74. The first-order valence-electron chi connectivity index (χ1n) is 4.89. The van der Waals surface area contributed by atoms with Crippen molar-refractivity contribution in [1.29, 1.82) is 0 Å². The standard InChI is InChI=1S/C12H8N2O2/c1-7-10-4-9-6-13-3-2-8(9)5-11(10)16-12(15)14-7/h2-6H,1H3. The number of benzene rings is 1. The van der Waals surface area contributed by atoms with Crippen LogP contribution in [-0.4, -0.2) is 9.97 Å². The van der Waals surface area contributed by atoms with Gasteiger partial charge in [-0.1, -0.05) is 0 Å². The van der Waals surface area contributed by atoms with Gasteiger partial charge in [0.25, 0.3) is 0 Å². The zero-order valence-corrected chi connectivity index (χ0v) is 8.60. The fourth-order valence-electron chi connectivity index (χ4n) is 1.80. The van der Waals surface area contributed by atoms with E-state index in [4.69, 9.17) is 4.42 Å². The molecular weight excluding hydrogens is 204 g/mol. The zero-order chi connectivity index (χ0) is 11.1. The minimum absolute atomic E-state index is 0.557. The summed E-state index contributed by atoms with van der Waals surface area (Å²) in [4.78, 5) is 19.0. The molecule has 0 saturated carbocycles. The maximum Gasteiger partial charge on any atom is 0.439 e. The van der Waals surface area contributed by atoms with E-state index in [-0.39, 0.29) is 0 Å². The highest BCUT2D eigenvalue weighted by Gasteiger charge is 2.04. The monoisotopic (exact) mass is 212 g/mol. The molecule has 0 fully saturated rings. The second-order valence-electron chi connectivity index (χ2n) is 3.64. The van der Waals surface area contributed by atoms with Crippen LogP contribution in [0.5, 0.6) is 0 Å². The van der Waals surface area contributed by atoms with Gasteiger partial charge in [0.1, 0.15) is 5.58 Å². The zero-order valence-electron chi connectivity index (χ0n) is 8.60. The van der Waals surface area contributed by atoms with Crippen molar-refractivity contribution in [2.45, 2.75) is 6.92 Å². The van der Waals surface area contributed by atoms with Gasteiger partial charge in [0.2, 0.25) is 0 Å². The Labute approximate surface area is 90.6 Å². The molecule has 0 bridgehead atoms. The van der Waals surface area contributed by atoms with Crippen LogP contribution in [0.4, 0.5) is 0 Å². The summed E-state index contributed by atoms with van der Waals surface area (Å²) in [6.07, 6.45) is 3.49. The first kappa shape index (κ1) is 9.03. The molecule has 0 aliphatic carbocycles. The predicted octanol–water partition coefficient (Wildman–Crippen LogP) is 2.04. The third-order valence-electron chi connectivity index (χ3n) is 2.59. The summed E-state index contributed by atoms with van der Waals surface area (Å²) in [7, 11) is 0. The molecule has 1 aromatic carbocycles. The summed E-state index contributed by atoms with van der Waals surface area (Å²) in [5.74, 6) is -0.557. The molecule has 4 nitrogen and oxygen atoms in total. The van der Waals surface area contributed by atoms with E-state index in [1.54, 1.807) is 19.3 Å². The van der Waals surface area contributed by atoms with Crippen LogP contribution < -0.4 is 5.76 Å². The second kappa shape index (κ2) is 3.13. The Morgan fingerprint density at radius 1 is 1.25 bits per heavy atom. The van der Waals surface area contributed by atoms with Crippen molar-refractivity contribution in [3.63, 3.8) is 0 Å². The van der Waals surface area contributed by atoms with E-state index in [2.05, 4.69) is 9.97 Å². The summed E-state index contributed by atoms with van der Waals surface area (Å²) in [6.45, 7) is 1.79. The summed E-state index contributed by atoms with van der Waals surface area (Å²) in [5.41, 5.74) is 1.24. The van der Waals surface area contributed by atoms with Gasteiger partial charge in [0.05, 0.1) is 5.69 Å². The lowest BCUT2D eigenvalue weighted by Crippen LogP contribution is -2.05. The number of nitrogens with zero attached hydrogens (tertiary/aromatic N) is 2. The minimum atomic E-state index is -0.557. The van der Waals surface area contributed by atoms with E-state index in [1.807, 2.05) is 18.2 Å². The highest BCUT2D eigenvalue weighted by Crippen LogP contribution is 2.22. The Morgan fingerprint density at radius 2 is 2.12 bits per heavy atom. The molecule has 78 valence electrons. The number of pyridine rings is 1. The van der Waals surface area contributed by atoms with E-state index in [0.717, 1.165) is 16.2 Å². The summed E-state index contributed by atoms with van der Waals surface area (Å²) >= 11 is 0. The molecule has 0 atom stereocenters. The van der Waals surface area contributed by atoms with E-state index >= 15 is 0 Å². The largest absolute Gasteiger partial charge is 0.439 e. The summed E-state index contributed by atoms with van der Waals surface area (Å²) in [5, 5.41) is 2.85. The van der Waals surface area contributed by atoms with Gasteiger partial charge in [-0.15, -0.1) is 0 Å². The van der Waals surface area contributed by atoms with Crippen molar-refractivity contribution in [3.05, 3.63) is 46.8 Å². The van der Waals surface area contributed by atoms with Crippen molar-refractivity contribution in [2.75, 3.05) is 0 Å². The molecule has 3 aromatic rings. The van der Waals surface area contributed by atoms with Gasteiger partial charge in [0.15, 0.2) is 0 Å². The fourth-order valence-corrected chi connectivity index (χ4v) is 1.80. The Bertz CT molecular complexity index is 747. The highest BCUT2D eigenvalue weighted by atomic mass is 16.4. The van der Waals surface area contributed by atoms with Gasteiger partial charge in [-0.25, -0.2) is 4.79 Å². The molecule has 0 spiro atoms. The maximum absolute atomic E-state index is 11.2. The predicted molar refractivity (Wildman–Crippen MR) is 60.3 cm³/mol. The topological polar surface area (TPSA) is 56.0 Å².